The number of nitrogens with one attached hydrogen (secondary N) is 2. The molecule has 0 aliphatic heterocycles. The maximum atomic E-state index is 12.7. The molecule has 2 aromatic carbocycles. The van der Waals surface area contributed by atoms with E-state index in [2.05, 4.69) is 16.7 Å². The molecule has 5 nitrogen and oxygen atoms in total. The van der Waals surface area contributed by atoms with E-state index in [9.17, 15) is 9.59 Å². The number of rotatable bonds is 6. The molecule has 2 aromatic rings. The Balaban J connectivity index is 1.60. The molecule has 0 spiro atoms. The summed E-state index contributed by atoms with van der Waals surface area (Å²) in [5, 5.41) is 5.94. The zero-order chi connectivity index (χ0) is 21.0. The Kier molecular flexibility index (Phi) is 6.26. The first-order valence-electron chi connectivity index (χ1n) is 10.4. The SMILES string of the molecule is CCc1ccc(C(=O)NCC(C)(C)NC(=O)c2ccc3c(c2)CCCC3)cc1N. The van der Waals surface area contributed by atoms with Crippen LogP contribution in [0.4, 0.5) is 5.69 Å². The highest BCUT2D eigenvalue weighted by atomic mass is 16.2. The van der Waals surface area contributed by atoms with Crippen LogP contribution in [0, 0.1) is 0 Å². The van der Waals surface area contributed by atoms with E-state index in [0.29, 0.717) is 23.4 Å². The van der Waals surface area contributed by atoms with Crippen molar-refractivity contribution in [2.45, 2.75) is 58.4 Å². The quantitative estimate of drug-likeness (QED) is 0.655. The predicted molar refractivity (Wildman–Crippen MR) is 117 cm³/mol. The van der Waals surface area contributed by atoms with Crippen molar-refractivity contribution in [1.29, 1.82) is 0 Å². The van der Waals surface area contributed by atoms with Gasteiger partial charge in [0.15, 0.2) is 0 Å². The van der Waals surface area contributed by atoms with Crippen LogP contribution in [-0.4, -0.2) is 23.9 Å². The second-order valence-electron chi connectivity index (χ2n) is 8.48. The van der Waals surface area contributed by atoms with Gasteiger partial charge in [0.25, 0.3) is 11.8 Å². The zero-order valence-electron chi connectivity index (χ0n) is 17.6. The number of nitrogen functional groups attached to an aromatic ring is 1. The lowest BCUT2D eigenvalue weighted by molar-refractivity contribution is 0.0881. The number of carbonyl (C=O) groups excluding carboxylic acids is 2. The van der Waals surface area contributed by atoms with E-state index in [0.717, 1.165) is 24.8 Å². The Bertz CT molecular complexity index is 918. The van der Waals surface area contributed by atoms with Crippen LogP contribution in [0.15, 0.2) is 36.4 Å². The maximum absolute atomic E-state index is 12.7. The molecule has 0 unspecified atom stereocenters. The summed E-state index contributed by atoms with van der Waals surface area (Å²) in [6.45, 7) is 6.15. The molecule has 1 aliphatic carbocycles. The summed E-state index contributed by atoms with van der Waals surface area (Å²) < 4.78 is 0. The highest BCUT2D eigenvalue weighted by Gasteiger charge is 2.23. The first-order chi connectivity index (χ1) is 13.8. The van der Waals surface area contributed by atoms with Crippen LogP contribution in [0.5, 0.6) is 0 Å². The minimum absolute atomic E-state index is 0.117. The van der Waals surface area contributed by atoms with Gasteiger partial charge in [-0.05, 0) is 86.9 Å². The Morgan fingerprint density at radius 1 is 0.966 bits per heavy atom. The Hall–Kier alpha value is -2.82. The van der Waals surface area contributed by atoms with Crippen molar-refractivity contribution in [1.82, 2.24) is 10.6 Å². The molecule has 5 heteroatoms. The third-order valence-electron chi connectivity index (χ3n) is 5.54. The predicted octanol–water partition coefficient (Wildman–Crippen LogP) is 3.65. The summed E-state index contributed by atoms with van der Waals surface area (Å²) in [4.78, 5) is 25.2. The molecule has 3 rings (SSSR count). The lowest BCUT2D eigenvalue weighted by atomic mass is 9.90. The molecular formula is C24H31N3O2. The molecule has 0 saturated carbocycles. The zero-order valence-corrected chi connectivity index (χ0v) is 17.6. The summed E-state index contributed by atoms with van der Waals surface area (Å²) in [7, 11) is 0. The van der Waals surface area contributed by atoms with Gasteiger partial charge in [0.2, 0.25) is 0 Å². The van der Waals surface area contributed by atoms with Gasteiger partial charge in [-0.2, -0.15) is 0 Å². The topological polar surface area (TPSA) is 84.2 Å². The molecule has 0 radical (unpaired) electrons. The number of carbonyl (C=O) groups is 2. The molecule has 0 atom stereocenters. The van der Waals surface area contributed by atoms with Crippen molar-refractivity contribution in [3.05, 3.63) is 64.2 Å². The van der Waals surface area contributed by atoms with Gasteiger partial charge in [-0.1, -0.05) is 19.1 Å². The molecule has 29 heavy (non-hydrogen) atoms. The largest absolute Gasteiger partial charge is 0.398 e. The van der Waals surface area contributed by atoms with E-state index in [1.54, 1.807) is 12.1 Å². The third kappa shape index (κ3) is 5.17. The van der Waals surface area contributed by atoms with E-state index in [-0.39, 0.29) is 11.8 Å². The van der Waals surface area contributed by atoms with Gasteiger partial charge in [0, 0.05) is 23.4 Å². The second-order valence-corrected chi connectivity index (χ2v) is 8.48. The molecule has 4 N–H and O–H groups in total. The molecule has 2 amide bonds. The van der Waals surface area contributed by atoms with Gasteiger partial charge in [-0.25, -0.2) is 0 Å². The summed E-state index contributed by atoms with van der Waals surface area (Å²) in [5.74, 6) is -0.315. The summed E-state index contributed by atoms with van der Waals surface area (Å²) >= 11 is 0. The summed E-state index contributed by atoms with van der Waals surface area (Å²) in [6.07, 6.45) is 5.36. The fourth-order valence-corrected chi connectivity index (χ4v) is 3.76. The van der Waals surface area contributed by atoms with Crippen molar-refractivity contribution in [3.63, 3.8) is 0 Å². The molecule has 0 fully saturated rings. The van der Waals surface area contributed by atoms with Crippen molar-refractivity contribution >= 4 is 17.5 Å². The van der Waals surface area contributed by atoms with Gasteiger partial charge in [-0.3, -0.25) is 9.59 Å². The minimum Gasteiger partial charge on any atom is -0.398 e. The summed E-state index contributed by atoms with van der Waals surface area (Å²) in [6, 6.07) is 11.3. The van der Waals surface area contributed by atoms with Gasteiger partial charge in [0.05, 0.1) is 5.54 Å². The molecule has 0 saturated heterocycles. The normalized spacial score (nSPS) is 13.5. The minimum atomic E-state index is -0.586. The Labute approximate surface area is 173 Å². The fourth-order valence-electron chi connectivity index (χ4n) is 3.76. The molecule has 1 aliphatic rings. The number of hydrogen-bond acceptors (Lipinski definition) is 3. The van der Waals surface area contributed by atoms with Gasteiger partial charge in [0.1, 0.15) is 0 Å². The average molecular weight is 394 g/mol. The highest BCUT2D eigenvalue weighted by molar-refractivity contribution is 5.96. The van der Waals surface area contributed by atoms with E-state index in [1.165, 1.54) is 24.0 Å². The Morgan fingerprint density at radius 3 is 2.31 bits per heavy atom. The van der Waals surface area contributed by atoms with Gasteiger partial charge < -0.3 is 16.4 Å². The monoisotopic (exact) mass is 393 g/mol. The van der Waals surface area contributed by atoms with Crippen molar-refractivity contribution < 1.29 is 9.59 Å². The maximum Gasteiger partial charge on any atom is 0.251 e. The van der Waals surface area contributed by atoms with Crippen molar-refractivity contribution in [2.75, 3.05) is 12.3 Å². The first kappa shape index (κ1) is 20.9. The number of benzene rings is 2. The standard InChI is InChI=1S/C24H31N3O2/c1-4-16-9-11-20(14-21(16)25)22(28)26-15-24(2,3)27-23(29)19-12-10-17-7-5-6-8-18(17)13-19/h9-14H,4-8,15,25H2,1-3H3,(H,26,28)(H,27,29). The third-order valence-corrected chi connectivity index (χ3v) is 5.54. The molecule has 0 bridgehead atoms. The van der Waals surface area contributed by atoms with E-state index >= 15 is 0 Å². The fraction of sp³-hybridized carbons (Fsp3) is 0.417. The van der Waals surface area contributed by atoms with Gasteiger partial charge in [-0.15, -0.1) is 0 Å². The number of nitrogens with two attached hydrogens (primary N) is 1. The molecular weight excluding hydrogens is 362 g/mol. The van der Waals surface area contributed by atoms with Crippen LogP contribution < -0.4 is 16.4 Å². The second kappa shape index (κ2) is 8.68. The van der Waals surface area contributed by atoms with Crippen LogP contribution in [0.1, 0.15) is 71.0 Å². The number of aryl methyl sites for hydroxylation is 3. The molecule has 154 valence electrons. The smallest absolute Gasteiger partial charge is 0.251 e. The van der Waals surface area contributed by atoms with E-state index in [1.807, 2.05) is 39.0 Å². The van der Waals surface area contributed by atoms with Crippen molar-refractivity contribution in [2.24, 2.45) is 0 Å². The molecule has 0 aromatic heterocycles. The lowest BCUT2D eigenvalue weighted by Crippen LogP contribution is -2.51. The van der Waals surface area contributed by atoms with Gasteiger partial charge >= 0.3 is 0 Å². The molecule has 0 heterocycles. The number of hydrogen-bond donors (Lipinski definition) is 3. The van der Waals surface area contributed by atoms with Crippen molar-refractivity contribution in [3.8, 4) is 0 Å². The highest BCUT2D eigenvalue weighted by Crippen LogP contribution is 2.22. The number of anilines is 1. The Morgan fingerprint density at radius 2 is 1.62 bits per heavy atom. The van der Waals surface area contributed by atoms with E-state index < -0.39 is 5.54 Å². The van der Waals surface area contributed by atoms with Crippen LogP contribution in [-0.2, 0) is 19.3 Å². The van der Waals surface area contributed by atoms with Crippen LogP contribution in [0.25, 0.3) is 0 Å². The number of amides is 2. The van der Waals surface area contributed by atoms with E-state index in [4.69, 9.17) is 5.73 Å². The lowest BCUT2D eigenvalue weighted by Gasteiger charge is -2.27. The van der Waals surface area contributed by atoms with Crippen LogP contribution in [0.3, 0.4) is 0 Å². The summed E-state index contributed by atoms with van der Waals surface area (Å²) in [5.41, 5.74) is 10.9. The average Bonchev–Trinajstić information content (AvgIpc) is 2.71. The first-order valence-corrected chi connectivity index (χ1v) is 10.4. The van der Waals surface area contributed by atoms with Crippen LogP contribution in [0.2, 0.25) is 0 Å². The number of fused-ring (bicyclic) bond motifs is 1. The van der Waals surface area contributed by atoms with Crippen LogP contribution >= 0.6 is 0 Å².